The lowest BCUT2D eigenvalue weighted by Gasteiger charge is -2.11. The quantitative estimate of drug-likeness (QED) is 0.839. The molecule has 0 aliphatic carbocycles. The molecule has 0 bridgehead atoms. The van der Waals surface area contributed by atoms with Crippen LogP contribution in [0.15, 0.2) is 45.8 Å². The summed E-state index contributed by atoms with van der Waals surface area (Å²) in [6.45, 7) is 3.93. The number of hydrogen-bond donors (Lipinski definition) is 1. The molecular formula is C15H15BrFNO3S. The lowest BCUT2D eigenvalue weighted by atomic mass is 10.2. The van der Waals surface area contributed by atoms with Gasteiger partial charge in [-0.1, -0.05) is 6.07 Å². The summed E-state index contributed by atoms with van der Waals surface area (Å²) in [7, 11) is -3.81. The van der Waals surface area contributed by atoms with Crippen molar-refractivity contribution in [2.75, 3.05) is 11.3 Å². The molecule has 0 aliphatic rings. The Balaban J connectivity index is 2.31. The SMILES string of the molecule is CCOc1ccc(NS(=O)(=O)c2ccc(C)cc2Br)cc1F. The Morgan fingerprint density at radius 2 is 1.95 bits per heavy atom. The number of anilines is 1. The average molecular weight is 388 g/mol. The first-order valence-corrected chi connectivity index (χ1v) is 8.82. The summed E-state index contributed by atoms with van der Waals surface area (Å²) in [6.07, 6.45) is 0. The van der Waals surface area contributed by atoms with Crippen molar-refractivity contribution < 1.29 is 17.5 Å². The normalized spacial score (nSPS) is 11.3. The van der Waals surface area contributed by atoms with Gasteiger partial charge in [0.15, 0.2) is 11.6 Å². The molecule has 0 spiro atoms. The molecule has 0 radical (unpaired) electrons. The molecule has 0 heterocycles. The largest absolute Gasteiger partial charge is 0.491 e. The zero-order chi connectivity index (χ0) is 16.3. The van der Waals surface area contributed by atoms with Crippen molar-refractivity contribution in [1.29, 1.82) is 0 Å². The van der Waals surface area contributed by atoms with E-state index in [2.05, 4.69) is 20.7 Å². The van der Waals surface area contributed by atoms with Crippen LogP contribution in [0.5, 0.6) is 5.75 Å². The van der Waals surface area contributed by atoms with Crippen LogP contribution in [0.1, 0.15) is 12.5 Å². The summed E-state index contributed by atoms with van der Waals surface area (Å²) >= 11 is 3.23. The minimum atomic E-state index is -3.81. The van der Waals surface area contributed by atoms with Crippen LogP contribution in [-0.2, 0) is 10.0 Å². The highest BCUT2D eigenvalue weighted by Crippen LogP contribution is 2.27. The molecule has 2 aromatic rings. The van der Waals surface area contributed by atoms with E-state index in [1.807, 2.05) is 6.92 Å². The number of sulfonamides is 1. The maximum Gasteiger partial charge on any atom is 0.263 e. The van der Waals surface area contributed by atoms with Crippen LogP contribution in [0, 0.1) is 12.7 Å². The molecule has 118 valence electrons. The number of rotatable bonds is 5. The zero-order valence-corrected chi connectivity index (χ0v) is 14.5. The summed E-state index contributed by atoms with van der Waals surface area (Å²) < 4.78 is 46.4. The molecule has 1 N–H and O–H groups in total. The van der Waals surface area contributed by atoms with Gasteiger partial charge in [0.05, 0.1) is 12.3 Å². The molecule has 0 aliphatic heterocycles. The molecule has 0 amide bonds. The van der Waals surface area contributed by atoms with E-state index in [9.17, 15) is 12.8 Å². The fourth-order valence-electron chi connectivity index (χ4n) is 1.87. The van der Waals surface area contributed by atoms with Crippen molar-refractivity contribution in [3.8, 4) is 5.75 Å². The predicted molar refractivity (Wildman–Crippen MR) is 87.3 cm³/mol. The maximum absolute atomic E-state index is 13.8. The third kappa shape index (κ3) is 3.78. The first-order valence-electron chi connectivity index (χ1n) is 6.55. The minimum absolute atomic E-state index is 0.0852. The molecule has 0 unspecified atom stereocenters. The second-order valence-electron chi connectivity index (χ2n) is 4.62. The number of nitrogens with one attached hydrogen (secondary N) is 1. The topological polar surface area (TPSA) is 55.4 Å². The predicted octanol–water partition coefficient (Wildman–Crippen LogP) is 4.10. The van der Waals surface area contributed by atoms with Gasteiger partial charge in [-0.3, -0.25) is 4.72 Å². The van der Waals surface area contributed by atoms with Gasteiger partial charge < -0.3 is 4.74 Å². The average Bonchev–Trinajstić information content (AvgIpc) is 2.41. The van der Waals surface area contributed by atoms with Crippen molar-refractivity contribution in [1.82, 2.24) is 0 Å². The molecule has 4 nitrogen and oxygen atoms in total. The summed E-state index contributed by atoms with van der Waals surface area (Å²) in [5, 5.41) is 0. The fourth-order valence-corrected chi connectivity index (χ4v) is 4.11. The van der Waals surface area contributed by atoms with Crippen LogP contribution < -0.4 is 9.46 Å². The molecular weight excluding hydrogens is 373 g/mol. The summed E-state index contributed by atoms with van der Waals surface area (Å²) in [6, 6.07) is 8.82. The van der Waals surface area contributed by atoms with E-state index >= 15 is 0 Å². The van der Waals surface area contributed by atoms with Gasteiger partial charge >= 0.3 is 0 Å². The lowest BCUT2D eigenvalue weighted by Crippen LogP contribution is -2.14. The molecule has 2 rings (SSSR count). The molecule has 0 aromatic heterocycles. The van der Waals surface area contributed by atoms with Gasteiger partial charge in [-0.25, -0.2) is 12.8 Å². The molecule has 7 heteroatoms. The van der Waals surface area contributed by atoms with Crippen LogP contribution >= 0.6 is 15.9 Å². The van der Waals surface area contributed by atoms with Crippen molar-refractivity contribution in [3.63, 3.8) is 0 Å². The molecule has 2 aromatic carbocycles. The van der Waals surface area contributed by atoms with E-state index in [1.54, 1.807) is 19.1 Å². The number of ether oxygens (including phenoxy) is 1. The van der Waals surface area contributed by atoms with Crippen LogP contribution in [0.25, 0.3) is 0 Å². The Morgan fingerprint density at radius 1 is 1.23 bits per heavy atom. The smallest absolute Gasteiger partial charge is 0.263 e. The lowest BCUT2D eigenvalue weighted by molar-refractivity contribution is 0.321. The highest BCUT2D eigenvalue weighted by molar-refractivity contribution is 9.10. The number of benzene rings is 2. The molecule has 0 atom stereocenters. The van der Waals surface area contributed by atoms with Crippen LogP contribution in [-0.4, -0.2) is 15.0 Å². The Labute approximate surface area is 137 Å². The third-order valence-corrected chi connectivity index (χ3v) is 5.22. The van der Waals surface area contributed by atoms with E-state index in [1.165, 1.54) is 18.2 Å². The minimum Gasteiger partial charge on any atom is -0.491 e. The van der Waals surface area contributed by atoms with E-state index in [-0.39, 0.29) is 16.3 Å². The highest BCUT2D eigenvalue weighted by atomic mass is 79.9. The van der Waals surface area contributed by atoms with Crippen LogP contribution in [0.3, 0.4) is 0 Å². The number of halogens is 2. The maximum atomic E-state index is 13.8. The molecule has 0 fully saturated rings. The van der Waals surface area contributed by atoms with Crippen molar-refractivity contribution in [2.24, 2.45) is 0 Å². The highest BCUT2D eigenvalue weighted by Gasteiger charge is 2.18. The van der Waals surface area contributed by atoms with Crippen molar-refractivity contribution >= 4 is 31.6 Å². The van der Waals surface area contributed by atoms with Crippen molar-refractivity contribution in [2.45, 2.75) is 18.7 Å². The van der Waals surface area contributed by atoms with Gasteiger partial charge in [0, 0.05) is 10.5 Å². The van der Waals surface area contributed by atoms with E-state index in [4.69, 9.17) is 4.74 Å². The molecule has 0 saturated heterocycles. The van der Waals surface area contributed by atoms with E-state index < -0.39 is 15.8 Å². The second kappa shape index (κ2) is 6.66. The van der Waals surface area contributed by atoms with Gasteiger partial charge in [-0.05, 0) is 59.6 Å². The van der Waals surface area contributed by atoms with Gasteiger partial charge in [-0.2, -0.15) is 0 Å². The van der Waals surface area contributed by atoms with Gasteiger partial charge in [0.1, 0.15) is 4.90 Å². The van der Waals surface area contributed by atoms with Crippen LogP contribution in [0.4, 0.5) is 10.1 Å². The second-order valence-corrected chi connectivity index (χ2v) is 7.12. The molecule has 0 saturated carbocycles. The van der Waals surface area contributed by atoms with Gasteiger partial charge in [0.2, 0.25) is 0 Å². The van der Waals surface area contributed by atoms with Crippen molar-refractivity contribution in [3.05, 3.63) is 52.3 Å². The first-order chi connectivity index (χ1) is 10.3. The fraction of sp³-hybridized carbons (Fsp3) is 0.200. The third-order valence-electron chi connectivity index (χ3n) is 2.86. The zero-order valence-electron chi connectivity index (χ0n) is 12.1. The summed E-state index contributed by atoms with van der Waals surface area (Å²) in [5.41, 5.74) is 1.06. The van der Waals surface area contributed by atoms with E-state index in [0.29, 0.717) is 11.1 Å². The summed E-state index contributed by atoms with van der Waals surface area (Å²) in [5.74, 6) is -0.535. The molecule has 22 heavy (non-hydrogen) atoms. The Hall–Kier alpha value is -1.60. The standard InChI is InChI=1S/C15H15BrFNO3S/c1-3-21-14-6-5-11(9-13(14)17)18-22(19,20)15-7-4-10(2)8-12(15)16/h4-9,18H,3H2,1-2H3. The first kappa shape index (κ1) is 16.8. The monoisotopic (exact) mass is 387 g/mol. The Morgan fingerprint density at radius 3 is 2.55 bits per heavy atom. The number of aryl methyl sites for hydroxylation is 1. The van der Waals surface area contributed by atoms with Crippen LogP contribution in [0.2, 0.25) is 0 Å². The number of hydrogen-bond acceptors (Lipinski definition) is 3. The van der Waals surface area contributed by atoms with Gasteiger partial charge in [0.25, 0.3) is 10.0 Å². The Kier molecular flexibility index (Phi) is 5.08. The summed E-state index contributed by atoms with van der Waals surface area (Å²) in [4.78, 5) is 0.0902. The van der Waals surface area contributed by atoms with E-state index in [0.717, 1.165) is 11.6 Å². The Bertz CT molecular complexity index is 793. The van der Waals surface area contributed by atoms with Gasteiger partial charge in [-0.15, -0.1) is 0 Å².